The molecule has 0 fully saturated rings. The van der Waals surface area contributed by atoms with Crippen LogP contribution in [-0.2, 0) is 11.4 Å². The Hall–Kier alpha value is -1.55. The third-order valence-corrected chi connectivity index (χ3v) is 2.51. The molecule has 0 aromatic heterocycles. The van der Waals surface area contributed by atoms with E-state index in [-0.39, 0.29) is 12.5 Å². The third kappa shape index (κ3) is 4.75. The standard InChI is InChI=1S/C14H20NO3/c1-11-7-12(10-16)9-13(8-11)18-6-4-5-14(17)15(2)3/h8-9,16H,4-6,10H2,1-3H3. The van der Waals surface area contributed by atoms with Gasteiger partial charge in [0, 0.05) is 20.5 Å². The van der Waals surface area contributed by atoms with E-state index in [9.17, 15) is 4.79 Å². The van der Waals surface area contributed by atoms with Crippen molar-refractivity contribution in [3.8, 4) is 5.75 Å². The molecule has 0 heterocycles. The predicted molar refractivity (Wildman–Crippen MR) is 69.4 cm³/mol. The quantitative estimate of drug-likeness (QED) is 0.779. The molecule has 18 heavy (non-hydrogen) atoms. The van der Waals surface area contributed by atoms with Crippen molar-refractivity contribution in [1.29, 1.82) is 0 Å². The number of benzene rings is 1. The fourth-order valence-corrected chi connectivity index (χ4v) is 1.56. The Bertz CT molecular complexity index is 402. The predicted octanol–water partition coefficient (Wildman–Crippen LogP) is 1.53. The maximum atomic E-state index is 11.3. The van der Waals surface area contributed by atoms with Crippen LogP contribution in [0, 0.1) is 13.0 Å². The van der Waals surface area contributed by atoms with Crippen molar-refractivity contribution < 1.29 is 14.6 Å². The lowest BCUT2D eigenvalue weighted by atomic mass is 10.1. The zero-order valence-electron chi connectivity index (χ0n) is 11.2. The number of carbonyl (C=O) groups excluding carboxylic acids is 1. The van der Waals surface area contributed by atoms with E-state index in [4.69, 9.17) is 9.84 Å². The van der Waals surface area contributed by atoms with Crippen LogP contribution in [0.1, 0.15) is 24.0 Å². The van der Waals surface area contributed by atoms with Crippen molar-refractivity contribution in [2.24, 2.45) is 0 Å². The highest BCUT2D eigenvalue weighted by atomic mass is 16.5. The highest BCUT2D eigenvalue weighted by molar-refractivity contribution is 5.75. The second-order valence-electron chi connectivity index (χ2n) is 4.42. The van der Waals surface area contributed by atoms with E-state index >= 15 is 0 Å². The van der Waals surface area contributed by atoms with Crippen LogP contribution in [0.4, 0.5) is 0 Å². The van der Waals surface area contributed by atoms with Gasteiger partial charge in [0.2, 0.25) is 5.91 Å². The van der Waals surface area contributed by atoms with Crippen molar-refractivity contribution in [3.05, 3.63) is 29.3 Å². The SMILES string of the molecule is Cc1[c]c(CO)cc(OCCCC(=O)N(C)C)c1. The Morgan fingerprint density at radius 3 is 2.78 bits per heavy atom. The van der Waals surface area contributed by atoms with Crippen LogP contribution in [0.3, 0.4) is 0 Å². The normalized spacial score (nSPS) is 10.2. The molecule has 0 bridgehead atoms. The van der Waals surface area contributed by atoms with Crippen molar-refractivity contribution in [2.75, 3.05) is 20.7 Å². The number of hydrogen-bond acceptors (Lipinski definition) is 3. The van der Waals surface area contributed by atoms with Crippen LogP contribution >= 0.6 is 0 Å². The molecule has 0 aliphatic heterocycles. The molecule has 0 aliphatic rings. The summed E-state index contributed by atoms with van der Waals surface area (Å²) < 4.78 is 5.56. The van der Waals surface area contributed by atoms with Crippen molar-refractivity contribution >= 4 is 5.91 Å². The fraction of sp³-hybridized carbons (Fsp3) is 0.500. The lowest BCUT2D eigenvalue weighted by Gasteiger charge is -2.11. The molecule has 0 unspecified atom stereocenters. The average Bonchev–Trinajstić information content (AvgIpc) is 2.33. The summed E-state index contributed by atoms with van der Waals surface area (Å²) in [7, 11) is 3.49. The second-order valence-corrected chi connectivity index (χ2v) is 4.42. The van der Waals surface area contributed by atoms with Gasteiger partial charge in [0.25, 0.3) is 0 Å². The maximum absolute atomic E-state index is 11.3. The van der Waals surface area contributed by atoms with Crippen molar-refractivity contribution in [2.45, 2.75) is 26.4 Å². The second kappa shape index (κ2) is 7.01. The number of aryl methyl sites for hydroxylation is 1. The molecule has 1 N–H and O–H groups in total. The minimum absolute atomic E-state index is 0.0445. The molecule has 4 heteroatoms. The molecule has 0 saturated heterocycles. The van der Waals surface area contributed by atoms with Gasteiger partial charge < -0.3 is 14.7 Å². The highest BCUT2D eigenvalue weighted by Crippen LogP contribution is 2.16. The number of ether oxygens (including phenoxy) is 1. The van der Waals surface area contributed by atoms with E-state index < -0.39 is 0 Å². The molecule has 1 aromatic carbocycles. The van der Waals surface area contributed by atoms with Crippen LogP contribution in [0.15, 0.2) is 12.1 Å². The Balaban J connectivity index is 2.39. The molecule has 0 aliphatic carbocycles. The van der Waals surface area contributed by atoms with Crippen LogP contribution in [0.2, 0.25) is 0 Å². The molecular weight excluding hydrogens is 230 g/mol. The van der Waals surface area contributed by atoms with E-state index in [1.54, 1.807) is 25.1 Å². The molecular formula is C14H20NO3. The van der Waals surface area contributed by atoms with Gasteiger partial charge >= 0.3 is 0 Å². The number of amides is 1. The largest absolute Gasteiger partial charge is 0.494 e. The van der Waals surface area contributed by atoms with Crippen LogP contribution < -0.4 is 4.74 Å². The molecule has 1 amide bonds. The van der Waals surface area contributed by atoms with E-state index in [1.807, 2.05) is 13.0 Å². The first kappa shape index (κ1) is 14.5. The van der Waals surface area contributed by atoms with Crippen molar-refractivity contribution in [3.63, 3.8) is 0 Å². The molecule has 0 saturated carbocycles. The summed E-state index contributed by atoms with van der Waals surface area (Å²) >= 11 is 0. The number of nitrogens with zero attached hydrogens (tertiary/aromatic N) is 1. The lowest BCUT2D eigenvalue weighted by molar-refractivity contribution is -0.128. The lowest BCUT2D eigenvalue weighted by Crippen LogP contribution is -2.21. The molecule has 4 nitrogen and oxygen atoms in total. The fourth-order valence-electron chi connectivity index (χ4n) is 1.56. The van der Waals surface area contributed by atoms with Crippen LogP contribution in [0.5, 0.6) is 5.75 Å². The Morgan fingerprint density at radius 2 is 2.17 bits per heavy atom. The molecule has 0 atom stereocenters. The van der Waals surface area contributed by atoms with Gasteiger partial charge in [0.05, 0.1) is 13.2 Å². The topological polar surface area (TPSA) is 49.8 Å². The summed E-state index contributed by atoms with van der Waals surface area (Å²) in [6, 6.07) is 6.66. The van der Waals surface area contributed by atoms with Gasteiger partial charge in [-0.05, 0) is 42.7 Å². The molecule has 0 spiro atoms. The summed E-state index contributed by atoms with van der Waals surface area (Å²) in [5, 5.41) is 9.05. The monoisotopic (exact) mass is 250 g/mol. The summed E-state index contributed by atoms with van der Waals surface area (Å²) in [6.07, 6.45) is 1.17. The Morgan fingerprint density at radius 1 is 1.44 bits per heavy atom. The van der Waals surface area contributed by atoms with Crippen molar-refractivity contribution in [1.82, 2.24) is 4.90 Å². The van der Waals surface area contributed by atoms with Gasteiger partial charge in [-0.1, -0.05) is 0 Å². The number of aliphatic hydroxyl groups excluding tert-OH is 1. The average molecular weight is 250 g/mol. The van der Waals surface area contributed by atoms with E-state index in [0.29, 0.717) is 25.2 Å². The molecule has 1 rings (SSSR count). The van der Waals surface area contributed by atoms with Crippen LogP contribution in [0.25, 0.3) is 0 Å². The Kier molecular flexibility index (Phi) is 5.65. The third-order valence-electron chi connectivity index (χ3n) is 2.51. The zero-order chi connectivity index (χ0) is 13.5. The highest BCUT2D eigenvalue weighted by Gasteiger charge is 2.04. The molecule has 1 radical (unpaired) electrons. The van der Waals surface area contributed by atoms with Gasteiger partial charge in [0.15, 0.2) is 0 Å². The number of hydrogen-bond donors (Lipinski definition) is 1. The summed E-state index contributed by atoms with van der Waals surface area (Å²) in [6.45, 7) is 2.35. The smallest absolute Gasteiger partial charge is 0.222 e. The number of rotatable bonds is 6. The van der Waals surface area contributed by atoms with Gasteiger partial charge in [-0.3, -0.25) is 4.79 Å². The minimum atomic E-state index is -0.0445. The zero-order valence-corrected chi connectivity index (χ0v) is 11.2. The van der Waals surface area contributed by atoms with Gasteiger partial charge in [-0.15, -0.1) is 0 Å². The van der Waals surface area contributed by atoms with Gasteiger partial charge in [-0.2, -0.15) is 0 Å². The van der Waals surface area contributed by atoms with E-state index in [2.05, 4.69) is 6.07 Å². The van der Waals surface area contributed by atoms with Gasteiger partial charge in [0.1, 0.15) is 5.75 Å². The first-order chi connectivity index (χ1) is 8.52. The Labute approximate surface area is 108 Å². The van der Waals surface area contributed by atoms with E-state index in [0.717, 1.165) is 11.1 Å². The first-order valence-electron chi connectivity index (χ1n) is 5.99. The first-order valence-corrected chi connectivity index (χ1v) is 5.99. The summed E-state index contributed by atoms with van der Waals surface area (Å²) in [5.41, 5.74) is 1.65. The van der Waals surface area contributed by atoms with E-state index in [1.165, 1.54) is 0 Å². The molecule has 99 valence electrons. The summed E-state index contributed by atoms with van der Waals surface area (Å²) in [4.78, 5) is 12.9. The maximum Gasteiger partial charge on any atom is 0.222 e. The minimum Gasteiger partial charge on any atom is -0.494 e. The number of carbonyl (C=O) groups is 1. The summed E-state index contributed by atoms with van der Waals surface area (Å²) in [5.74, 6) is 0.819. The molecule has 1 aromatic rings. The van der Waals surface area contributed by atoms with Gasteiger partial charge in [-0.25, -0.2) is 0 Å². The number of aliphatic hydroxyl groups is 1. The van der Waals surface area contributed by atoms with Crippen LogP contribution in [-0.4, -0.2) is 36.6 Å².